The number of nitrogens with one attached hydrogen (secondary N) is 1. The quantitative estimate of drug-likeness (QED) is 0.516. The third-order valence-electron chi connectivity index (χ3n) is 2.95. The Bertz CT molecular complexity index is 598. The first-order chi connectivity index (χ1) is 9.49. The largest absolute Gasteiger partial charge is 0.309 e. The molecule has 0 saturated heterocycles. The van der Waals surface area contributed by atoms with Gasteiger partial charge < -0.3 is 5.32 Å². The lowest BCUT2D eigenvalue weighted by molar-refractivity contribution is 0.364. The third-order valence-corrected chi connectivity index (χ3v) is 2.95. The molecule has 0 aliphatic carbocycles. The number of hydrogen-bond acceptors (Lipinski definition) is 1. The van der Waals surface area contributed by atoms with Crippen molar-refractivity contribution in [3.63, 3.8) is 0 Å². The Kier molecular flexibility index (Phi) is 4.04. The van der Waals surface area contributed by atoms with Crippen LogP contribution < -0.4 is 5.32 Å². The molecule has 106 valence electrons. The van der Waals surface area contributed by atoms with Crippen molar-refractivity contribution < 1.29 is 22.0 Å². The SMILES string of the molecule is CNC(c1ccccc1)c1c(F)c(F)c(F)c(F)c1F. The van der Waals surface area contributed by atoms with Crippen molar-refractivity contribution >= 4 is 0 Å². The smallest absolute Gasteiger partial charge is 0.200 e. The lowest BCUT2D eigenvalue weighted by Gasteiger charge is -2.19. The van der Waals surface area contributed by atoms with E-state index in [1.54, 1.807) is 18.2 Å². The molecule has 0 amide bonds. The summed E-state index contributed by atoms with van der Waals surface area (Å²) in [5, 5.41) is 2.55. The zero-order valence-corrected chi connectivity index (χ0v) is 10.4. The van der Waals surface area contributed by atoms with Gasteiger partial charge in [-0.2, -0.15) is 0 Å². The molecular weight excluding hydrogens is 277 g/mol. The van der Waals surface area contributed by atoms with E-state index in [1.807, 2.05) is 0 Å². The minimum Gasteiger partial charge on any atom is -0.309 e. The van der Waals surface area contributed by atoms with Crippen molar-refractivity contribution in [2.75, 3.05) is 7.05 Å². The van der Waals surface area contributed by atoms with Crippen LogP contribution in [0.4, 0.5) is 22.0 Å². The molecule has 1 atom stereocenters. The average molecular weight is 287 g/mol. The van der Waals surface area contributed by atoms with Crippen LogP contribution >= 0.6 is 0 Å². The van der Waals surface area contributed by atoms with Crippen molar-refractivity contribution in [3.8, 4) is 0 Å². The zero-order chi connectivity index (χ0) is 14.9. The van der Waals surface area contributed by atoms with E-state index in [2.05, 4.69) is 5.32 Å². The molecule has 1 unspecified atom stereocenters. The molecule has 0 fully saturated rings. The van der Waals surface area contributed by atoms with E-state index in [-0.39, 0.29) is 0 Å². The minimum absolute atomic E-state index is 0.387. The molecule has 6 heteroatoms. The van der Waals surface area contributed by atoms with Gasteiger partial charge in [-0.3, -0.25) is 0 Å². The fourth-order valence-electron chi connectivity index (χ4n) is 2.00. The summed E-state index contributed by atoms with van der Waals surface area (Å²) in [5.74, 6) is -9.72. The van der Waals surface area contributed by atoms with Gasteiger partial charge in [-0.15, -0.1) is 0 Å². The van der Waals surface area contributed by atoms with Crippen LogP contribution in [0.3, 0.4) is 0 Å². The molecule has 0 bridgehead atoms. The molecular formula is C14H10F5N. The first-order valence-corrected chi connectivity index (χ1v) is 5.72. The highest BCUT2D eigenvalue weighted by molar-refractivity contribution is 5.35. The fraction of sp³-hybridized carbons (Fsp3) is 0.143. The van der Waals surface area contributed by atoms with Crippen molar-refractivity contribution in [3.05, 3.63) is 70.5 Å². The predicted molar refractivity (Wildman–Crippen MR) is 63.6 cm³/mol. The Hall–Kier alpha value is -1.95. The summed E-state index contributed by atoms with van der Waals surface area (Å²) in [5.41, 5.74) is -0.506. The van der Waals surface area contributed by atoms with E-state index in [9.17, 15) is 22.0 Å². The van der Waals surface area contributed by atoms with Crippen LogP contribution in [0.1, 0.15) is 17.2 Å². The Labute approximate surface area is 112 Å². The van der Waals surface area contributed by atoms with Gasteiger partial charge in [0.1, 0.15) is 0 Å². The van der Waals surface area contributed by atoms with Crippen LogP contribution in [0.5, 0.6) is 0 Å². The van der Waals surface area contributed by atoms with Crippen molar-refractivity contribution in [1.29, 1.82) is 0 Å². The van der Waals surface area contributed by atoms with Gasteiger partial charge in [0.2, 0.25) is 5.82 Å². The highest BCUT2D eigenvalue weighted by Crippen LogP contribution is 2.31. The van der Waals surface area contributed by atoms with E-state index >= 15 is 0 Å². The standard InChI is InChI=1S/C14H10F5N/c1-20-14(7-5-3-2-4-6-7)8-9(15)11(17)13(19)12(18)10(8)16/h2-6,14,20H,1H3. The average Bonchev–Trinajstić information content (AvgIpc) is 2.48. The van der Waals surface area contributed by atoms with Crippen LogP contribution in [-0.4, -0.2) is 7.05 Å². The highest BCUT2D eigenvalue weighted by Gasteiger charge is 2.30. The molecule has 0 aliphatic rings. The maximum absolute atomic E-state index is 13.8. The van der Waals surface area contributed by atoms with Gasteiger partial charge in [0, 0.05) is 0 Å². The summed E-state index contributed by atoms with van der Waals surface area (Å²) in [4.78, 5) is 0. The maximum Gasteiger partial charge on any atom is 0.200 e. The van der Waals surface area contributed by atoms with Gasteiger partial charge in [-0.1, -0.05) is 30.3 Å². The first kappa shape index (κ1) is 14.5. The molecule has 0 spiro atoms. The number of rotatable bonds is 3. The first-order valence-electron chi connectivity index (χ1n) is 5.72. The molecule has 2 rings (SSSR count). The summed E-state index contributed by atoms with van der Waals surface area (Å²) < 4.78 is 67.0. The molecule has 1 N–H and O–H groups in total. The summed E-state index contributed by atoms with van der Waals surface area (Å²) in [6, 6.07) is 6.80. The molecule has 20 heavy (non-hydrogen) atoms. The normalized spacial score (nSPS) is 12.5. The second-order valence-electron chi connectivity index (χ2n) is 4.12. The summed E-state index contributed by atoms with van der Waals surface area (Å²) in [6.07, 6.45) is 0. The fourth-order valence-corrected chi connectivity index (χ4v) is 2.00. The van der Waals surface area contributed by atoms with Gasteiger partial charge in [0.05, 0.1) is 11.6 Å². The maximum atomic E-state index is 13.8. The monoisotopic (exact) mass is 287 g/mol. The molecule has 1 nitrogen and oxygen atoms in total. The van der Waals surface area contributed by atoms with Gasteiger partial charge in [0.25, 0.3) is 0 Å². The van der Waals surface area contributed by atoms with Crippen molar-refractivity contribution in [2.45, 2.75) is 6.04 Å². The number of hydrogen-bond donors (Lipinski definition) is 1. The van der Waals surface area contributed by atoms with E-state index < -0.39 is 40.7 Å². The molecule has 0 aliphatic heterocycles. The second kappa shape index (κ2) is 5.58. The summed E-state index contributed by atoms with van der Waals surface area (Å²) in [7, 11) is 1.37. The molecule has 0 saturated carbocycles. The molecule has 0 radical (unpaired) electrons. The van der Waals surface area contributed by atoms with Crippen molar-refractivity contribution in [1.82, 2.24) is 5.32 Å². The Balaban J connectivity index is 2.68. The second-order valence-corrected chi connectivity index (χ2v) is 4.12. The lowest BCUT2D eigenvalue weighted by atomic mass is 9.97. The predicted octanol–water partition coefficient (Wildman–Crippen LogP) is 3.69. The Morgan fingerprint density at radius 2 is 1.20 bits per heavy atom. The zero-order valence-electron chi connectivity index (χ0n) is 10.4. The van der Waals surface area contributed by atoms with Crippen molar-refractivity contribution in [2.24, 2.45) is 0 Å². The van der Waals surface area contributed by atoms with Crippen LogP contribution in [0, 0.1) is 29.1 Å². The summed E-state index contributed by atoms with van der Waals surface area (Å²) in [6.45, 7) is 0. The Morgan fingerprint density at radius 1 is 0.750 bits per heavy atom. The van der Waals surface area contributed by atoms with E-state index in [1.165, 1.54) is 19.2 Å². The van der Waals surface area contributed by atoms with Crippen LogP contribution in [0.15, 0.2) is 30.3 Å². The molecule has 0 aromatic heterocycles. The minimum atomic E-state index is -2.16. The molecule has 2 aromatic rings. The number of benzene rings is 2. The molecule has 0 heterocycles. The topological polar surface area (TPSA) is 12.0 Å². The number of halogens is 5. The van der Waals surface area contributed by atoms with E-state index in [0.29, 0.717) is 5.56 Å². The van der Waals surface area contributed by atoms with Gasteiger partial charge in [0.15, 0.2) is 23.3 Å². The van der Waals surface area contributed by atoms with Gasteiger partial charge in [-0.25, -0.2) is 22.0 Å². The summed E-state index contributed by atoms with van der Waals surface area (Å²) >= 11 is 0. The van der Waals surface area contributed by atoms with Crippen LogP contribution in [0.2, 0.25) is 0 Å². The van der Waals surface area contributed by atoms with Crippen LogP contribution in [-0.2, 0) is 0 Å². The Morgan fingerprint density at radius 3 is 1.65 bits per heavy atom. The third kappa shape index (κ3) is 2.27. The van der Waals surface area contributed by atoms with Gasteiger partial charge in [-0.05, 0) is 12.6 Å². The molecule has 2 aromatic carbocycles. The highest BCUT2D eigenvalue weighted by atomic mass is 19.2. The lowest BCUT2D eigenvalue weighted by Crippen LogP contribution is -2.22. The van der Waals surface area contributed by atoms with Gasteiger partial charge >= 0.3 is 0 Å². The van der Waals surface area contributed by atoms with Crippen LogP contribution in [0.25, 0.3) is 0 Å². The van der Waals surface area contributed by atoms with E-state index in [4.69, 9.17) is 0 Å². The van der Waals surface area contributed by atoms with E-state index in [0.717, 1.165) is 0 Å².